The van der Waals surface area contributed by atoms with E-state index in [0.717, 1.165) is 23.8 Å². The molecule has 0 spiro atoms. The van der Waals surface area contributed by atoms with Gasteiger partial charge in [0.05, 0.1) is 17.6 Å². The molecular formula is C21H15FN6O5S. The first-order chi connectivity index (χ1) is 16.4. The van der Waals surface area contributed by atoms with Crippen LogP contribution in [0.5, 0.6) is 0 Å². The molecule has 2 aliphatic heterocycles. The van der Waals surface area contributed by atoms with Crippen molar-refractivity contribution in [3.05, 3.63) is 76.6 Å². The number of nitrogens with zero attached hydrogens (tertiary/aromatic N) is 5. The average Bonchev–Trinajstić information content (AvgIpc) is 3.18. The Kier molecular flexibility index (Phi) is 5.37. The lowest BCUT2D eigenvalue weighted by atomic mass is 9.99. The Morgan fingerprint density at radius 2 is 2.09 bits per heavy atom. The average molecular weight is 482 g/mol. The number of carboxylic acid groups (broad SMARTS) is 1. The van der Waals surface area contributed by atoms with E-state index >= 15 is 0 Å². The second-order valence-electron chi connectivity index (χ2n) is 7.39. The van der Waals surface area contributed by atoms with E-state index in [9.17, 15) is 23.9 Å². The number of amides is 1. The lowest BCUT2D eigenvalue weighted by molar-refractivity contribution is -0.125. The summed E-state index contributed by atoms with van der Waals surface area (Å²) in [4.78, 5) is 46.6. The molecule has 0 unspecified atom stereocenters. The quantitative estimate of drug-likeness (QED) is 0.555. The van der Waals surface area contributed by atoms with Crippen LogP contribution in [0, 0.1) is 11.7 Å². The molecule has 1 amide bonds. The summed E-state index contributed by atoms with van der Waals surface area (Å²) in [6, 6.07) is 0.959. The van der Waals surface area contributed by atoms with Gasteiger partial charge in [-0.1, -0.05) is 12.2 Å². The van der Waals surface area contributed by atoms with Crippen molar-refractivity contribution in [3.63, 3.8) is 0 Å². The molecule has 5 rings (SSSR count). The van der Waals surface area contributed by atoms with Gasteiger partial charge in [0.1, 0.15) is 11.9 Å². The normalized spacial score (nSPS) is 15.4. The van der Waals surface area contributed by atoms with Crippen LogP contribution < -0.4 is 15.6 Å². The number of aromatic nitrogens is 4. The van der Waals surface area contributed by atoms with Gasteiger partial charge in [-0.05, 0) is 18.2 Å². The summed E-state index contributed by atoms with van der Waals surface area (Å²) in [6.45, 7) is 0.382. The number of pyridine rings is 2. The number of allylic oxidation sites excluding steroid dienone is 4. The molecule has 0 atom stereocenters. The minimum Gasteiger partial charge on any atom is -0.477 e. The monoisotopic (exact) mass is 482 g/mol. The summed E-state index contributed by atoms with van der Waals surface area (Å²) < 4.78 is 25.4. The fourth-order valence-corrected chi connectivity index (χ4v) is 4.03. The van der Waals surface area contributed by atoms with Gasteiger partial charge in [-0.25, -0.2) is 19.2 Å². The van der Waals surface area contributed by atoms with Crippen LogP contribution in [0.2, 0.25) is 0 Å². The first-order valence-corrected chi connectivity index (χ1v) is 10.7. The van der Waals surface area contributed by atoms with Crippen LogP contribution >= 0.6 is 11.5 Å². The minimum atomic E-state index is -1.45. The number of ether oxygens (including phenoxy) is 1. The van der Waals surface area contributed by atoms with E-state index in [-0.39, 0.29) is 46.9 Å². The molecule has 0 bridgehead atoms. The number of hydrogen-bond donors (Lipinski definition) is 2. The molecule has 5 heterocycles. The highest BCUT2D eigenvalue weighted by Gasteiger charge is 2.36. The maximum absolute atomic E-state index is 15.0. The Bertz CT molecular complexity index is 1460. The third-order valence-corrected chi connectivity index (χ3v) is 5.91. The number of carboxylic acids is 1. The van der Waals surface area contributed by atoms with Crippen LogP contribution in [0.15, 0.2) is 59.8 Å². The van der Waals surface area contributed by atoms with Gasteiger partial charge in [0.15, 0.2) is 23.2 Å². The lowest BCUT2D eigenvalue weighted by Gasteiger charge is -2.39. The van der Waals surface area contributed by atoms with E-state index in [1.807, 2.05) is 0 Å². The van der Waals surface area contributed by atoms with Crippen molar-refractivity contribution >= 4 is 40.3 Å². The Balaban J connectivity index is 1.44. The smallest absolute Gasteiger partial charge is 0.341 e. The number of rotatable bonds is 5. The summed E-state index contributed by atoms with van der Waals surface area (Å²) in [6.07, 6.45) is 10.6. The fraction of sp³-hybridized carbons (Fsp3) is 0.143. The van der Waals surface area contributed by atoms with Crippen molar-refractivity contribution in [1.29, 1.82) is 0 Å². The number of halogens is 1. The van der Waals surface area contributed by atoms with Gasteiger partial charge in [0.25, 0.3) is 0 Å². The van der Waals surface area contributed by atoms with Gasteiger partial charge in [-0.2, -0.15) is 4.37 Å². The van der Waals surface area contributed by atoms with Crippen LogP contribution in [-0.2, 0) is 9.53 Å². The molecule has 172 valence electrons. The third kappa shape index (κ3) is 3.81. The van der Waals surface area contributed by atoms with Gasteiger partial charge in [0.2, 0.25) is 16.5 Å². The highest BCUT2D eigenvalue weighted by atomic mass is 32.1. The third-order valence-electron chi connectivity index (χ3n) is 5.24. The van der Waals surface area contributed by atoms with Crippen LogP contribution in [-0.4, -0.2) is 49.0 Å². The van der Waals surface area contributed by atoms with Gasteiger partial charge >= 0.3 is 5.97 Å². The SMILES string of the molecule is O=C(O)c1cn(-c2ncns2)c2nc(N3CC(C(=O)NC4=CC=CC=CO4)C3)c(F)cc2c1=O. The molecule has 2 N–H and O–H groups in total. The zero-order chi connectivity index (χ0) is 23.8. The van der Waals surface area contributed by atoms with Crippen molar-refractivity contribution < 1.29 is 23.8 Å². The van der Waals surface area contributed by atoms with Crippen molar-refractivity contribution in [2.24, 2.45) is 5.92 Å². The lowest BCUT2D eigenvalue weighted by Crippen LogP contribution is -2.54. The Hall–Kier alpha value is -4.39. The number of aromatic carboxylic acids is 1. The Morgan fingerprint density at radius 1 is 1.26 bits per heavy atom. The highest BCUT2D eigenvalue weighted by molar-refractivity contribution is 7.08. The number of nitrogens with one attached hydrogen (secondary N) is 1. The summed E-state index contributed by atoms with van der Waals surface area (Å²) in [5.41, 5.74) is -1.37. The van der Waals surface area contributed by atoms with E-state index < -0.39 is 28.7 Å². The maximum Gasteiger partial charge on any atom is 0.341 e. The van der Waals surface area contributed by atoms with E-state index in [1.165, 1.54) is 17.2 Å². The molecule has 13 heteroatoms. The number of carbonyl (C=O) groups excluding carboxylic acids is 1. The summed E-state index contributed by atoms with van der Waals surface area (Å²) >= 11 is 0.957. The molecule has 1 fully saturated rings. The standard InChI is InChI=1S/C21H15FN6O5S/c22-14-6-12-16(29)13(20(31)32)9-28(21-23-10-24-34-21)17(12)26-18(14)27-7-11(8-27)19(30)25-15-4-2-1-3-5-33-15/h1-6,9-11H,7-8H2,(H,25,30)(H,31,32). The zero-order valence-electron chi connectivity index (χ0n) is 17.2. The summed E-state index contributed by atoms with van der Waals surface area (Å²) in [5, 5.41) is 12.1. The van der Waals surface area contributed by atoms with E-state index in [1.54, 1.807) is 29.2 Å². The Labute approximate surface area is 194 Å². The van der Waals surface area contributed by atoms with Gasteiger partial charge in [0, 0.05) is 30.8 Å². The fourth-order valence-electron chi connectivity index (χ4n) is 3.52. The van der Waals surface area contributed by atoms with E-state index in [4.69, 9.17) is 4.74 Å². The van der Waals surface area contributed by atoms with Crippen molar-refractivity contribution in [2.45, 2.75) is 0 Å². The zero-order valence-corrected chi connectivity index (χ0v) is 18.0. The van der Waals surface area contributed by atoms with Crippen molar-refractivity contribution in [3.8, 4) is 5.13 Å². The van der Waals surface area contributed by atoms with Crippen LogP contribution in [0.1, 0.15) is 10.4 Å². The molecule has 3 aromatic rings. The molecule has 1 saturated heterocycles. The number of carbonyl (C=O) groups is 2. The van der Waals surface area contributed by atoms with Gasteiger partial charge in [-0.3, -0.25) is 19.5 Å². The first-order valence-electron chi connectivity index (χ1n) is 9.94. The molecule has 0 radical (unpaired) electrons. The van der Waals surface area contributed by atoms with Gasteiger partial charge < -0.3 is 14.7 Å². The minimum absolute atomic E-state index is 0.0339. The van der Waals surface area contributed by atoms with Gasteiger partial charge in [-0.15, -0.1) is 0 Å². The largest absolute Gasteiger partial charge is 0.477 e. The molecule has 0 aromatic carbocycles. The number of anilines is 1. The molecule has 0 saturated carbocycles. The second-order valence-corrected chi connectivity index (χ2v) is 8.15. The molecule has 0 aliphatic carbocycles. The number of fused-ring (bicyclic) bond motifs is 1. The van der Waals surface area contributed by atoms with Crippen LogP contribution in [0.25, 0.3) is 16.2 Å². The predicted molar refractivity (Wildman–Crippen MR) is 119 cm³/mol. The molecule has 3 aromatic heterocycles. The van der Waals surface area contributed by atoms with Crippen molar-refractivity contribution in [1.82, 2.24) is 24.2 Å². The molecule has 11 nitrogen and oxygen atoms in total. The molecule has 2 aliphatic rings. The van der Waals surface area contributed by atoms with Crippen LogP contribution in [0.4, 0.5) is 10.2 Å². The van der Waals surface area contributed by atoms with E-state index in [0.29, 0.717) is 0 Å². The summed E-state index contributed by atoms with van der Waals surface area (Å²) in [5.74, 6) is -2.77. The predicted octanol–water partition coefficient (Wildman–Crippen LogP) is 1.57. The first kappa shape index (κ1) is 21.5. The van der Waals surface area contributed by atoms with Crippen molar-refractivity contribution in [2.75, 3.05) is 18.0 Å². The topological polar surface area (TPSA) is 140 Å². The number of hydrogen-bond acceptors (Lipinski definition) is 9. The molecule has 34 heavy (non-hydrogen) atoms. The summed E-state index contributed by atoms with van der Waals surface area (Å²) in [7, 11) is 0. The van der Waals surface area contributed by atoms with Crippen LogP contribution in [0.3, 0.4) is 0 Å². The maximum atomic E-state index is 15.0. The Morgan fingerprint density at radius 3 is 2.82 bits per heavy atom. The molecular weight excluding hydrogens is 467 g/mol. The highest BCUT2D eigenvalue weighted by Crippen LogP contribution is 2.29. The van der Waals surface area contributed by atoms with E-state index in [2.05, 4.69) is 19.7 Å². The second kappa shape index (κ2) is 8.51.